The van der Waals surface area contributed by atoms with E-state index >= 15 is 0 Å². The fourth-order valence-electron chi connectivity index (χ4n) is 4.37. The van der Waals surface area contributed by atoms with E-state index in [1.807, 2.05) is 66.3 Å². The molecular weight excluding hydrogens is 577 g/mol. The van der Waals surface area contributed by atoms with Gasteiger partial charge in [0.1, 0.15) is 12.1 Å². The van der Waals surface area contributed by atoms with Gasteiger partial charge in [0.15, 0.2) is 10.6 Å². The summed E-state index contributed by atoms with van der Waals surface area (Å²) in [5.74, 6) is 0.128. The third kappa shape index (κ3) is 7.09. The van der Waals surface area contributed by atoms with Crippen molar-refractivity contribution in [2.24, 2.45) is 4.99 Å². The molecule has 43 heavy (non-hydrogen) atoms. The smallest absolute Gasteiger partial charge is 0.406 e. The Kier molecular flexibility index (Phi) is 8.58. The van der Waals surface area contributed by atoms with Crippen LogP contribution in [0, 0.1) is 6.92 Å². The number of thiazole rings is 1. The van der Waals surface area contributed by atoms with Gasteiger partial charge in [-0.05, 0) is 67.3 Å². The molecule has 3 aromatic carbocycles. The van der Waals surface area contributed by atoms with Crippen molar-refractivity contribution in [1.29, 1.82) is 0 Å². The van der Waals surface area contributed by atoms with Crippen LogP contribution in [0.15, 0.2) is 95.7 Å². The summed E-state index contributed by atoms with van der Waals surface area (Å²) in [6, 6.07) is 20.4. The molecule has 220 valence electrons. The van der Waals surface area contributed by atoms with Crippen LogP contribution in [0.1, 0.15) is 30.7 Å². The van der Waals surface area contributed by atoms with Crippen LogP contribution >= 0.6 is 11.3 Å². The SMILES string of the molecule is CCc1ccccc1-n1c(C)csc1=NC(=O)N/C=C(\C)c1ccc(-c2ncn(-c3ccc(OC(F)(F)F)cc3)n2)cc1. The summed E-state index contributed by atoms with van der Waals surface area (Å²) in [5, 5.41) is 9.16. The molecule has 0 radical (unpaired) electrons. The highest BCUT2D eigenvalue weighted by Gasteiger charge is 2.31. The molecule has 0 fully saturated rings. The zero-order valence-electron chi connectivity index (χ0n) is 23.5. The molecule has 2 heterocycles. The largest absolute Gasteiger partial charge is 0.573 e. The van der Waals surface area contributed by atoms with E-state index in [1.54, 1.807) is 6.20 Å². The van der Waals surface area contributed by atoms with E-state index in [9.17, 15) is 18.0 Å². The first-order chi connectivity index (χ1) is 20.6. The summed E-state index contributed by atoms with van der Waals surface area (Å²) in [7, 11) is 0. The molecule has 5 rings (SSSR count). The Labute approximate surface area is 249 Å². The fraction of sp³-hybridized carbons (Fsp3) is 0.161. The number of aryl methyl sites for hydroxylation is 2. The van der Waals surface area contributed by atoms with Crippen molar-refractivity contribution in [3.05, 3.63) is 112 Å². The number of hydrogen-bond acceptors (Lipinski definition) is 5. The van der Waals surface area contributed by atoms with Crippen LogP contribution in [0.4, 0.5) is 18.0 Å². The van der Waals surface area contributed by atoms with E-state index in [1.165, 1.54) is 52.2 Å². The number of amides is 2. The molecule has 0 aliphatic rings. The van der Waals surface area contributed by atoms with Gasteiger partial charge in [0.2, 0.25) is 0 Å². The second-order valence-electron chi connectivity index (χ2n) is 9.50. The Morgan fingerprint density at radius 1 is 1.07 bits per heavy atom. The molecule has 12 heteroatoms. The van der Waals surface area contributed by atoms with Gasteiger partial charge >= 0.3 is 12.4 Å². The van der Waals surface area contributed by atoms with E-state index in [2.05, 4.69) is 38.1 Å². The number of carbonyl (C=O) groups is 1. The summed E-state index contributed by atoms with van der Waals surface area (Å²) in [6.45, 7) is 5.96. The number of urea groups is 1. The highest BCUT2D eigenvalue weighted by Crippen LogP contribution is 2.24. The van der Waals surface area contributed by atoms with Gasteiger partial charge in [-0.1, -0.05) is 49.4 Å². The molecule has 5 aromatic rings. The summed E-state index contributed by atoms with van der Waals surface area (Å²) in [6.07, 6.45) is -0.797. The third-order valence-electron chi connectivity index (χ3n) is 6.53. The Morgan fingerprint density at radius 3 is 2.49 bits per heavy atom. The first-order valence-electron chi connectivity index (χ1n) is 13.3. The summed E-state index contributed by atoms with van der Waals surface area (Å²) < 4.78 is 44.6. The van der Waals surface area contributed by atoms with E-state index in [4.69, 9.17) is 0 Å². The lowest BCUT2D eigenvalue weighted by Crippen LogP contribution is -2.21. The molecule has 0 aliphatic heterocycles. The van der Waals surface area contributed by atoms with Crippen LogP contribution in [0.25, 0.3) is 28.3 Å². The predicted molar refractivity (Wildman–Crippen MR) is 159 cm³/mol. The quantitative estimate of drug-likeness (QED) is 0.212. The topological polar surface area (TPSA) is 86.3 Å². The van der Waals surface area contributed by atoms with E-state index in [0.29, 0.717) is 16.3 Å². The molecule has 0 saturated heterocycles. The Morgan fingerprint density at radius 2 is 1.79 bits per heavy atom. The van der Waals surface area contributed by atoms with Crippen LogP contribution in [-0.4, -0.2) is 31.7 Å². The van der Waals surface area contributed by atoms with E-state index in [-0.39, 0.29) is 5.75 Å². The number of aromatic nitrogens is 4. The maximum atomic E-state index is 12.7. The van der Waals surface area contributed by atoms with Crippen molar-refractivity contribution in [3.8, 4) is 28.5 Å². The third-order valence-corrected chi connectivity index (χ3v) is 7.47. The van der Waals surface area contributed by atoms with Crippen molar-refractivity contribution < 1.29 is 22.7 Å². The minimum absolute atomic E-state index is 0.316. The number of alkyl halides is 3. The van der Waals surface area contributed by atoms with Crippen molar-refractivity contribution >= 4 is 22.9 Å². The van der Waals surface area contributed by atoms with Gasteiger partial charge in [0.05, 0.1) is 11.4 Å². The highest BCUT2D eigenvalue weighted by atomic mass is 32.1. The van der Waals surface area contributed by atoms with E-state index < -0.39 is 12.4 Å². The fourth-order valence-corrected chi connectivity index (χ4v) is 5.23. The van der Waals surface area contributed by atoms with Crippen molar-refractivity contribution in [2.45, 2.75) is 33.6 Å². The zero-order chi connectivity index (χ0) is 30.6. The first kappa shape index (κ1) is 29.5. The van der Waals surface area contributed by atoms with Crippen molar-refractivity contribution in [1.82, 2.24) is 24.6 Å². The molecule has 1 N–H and O–H groups in total. The lowest BCUT2D eigenvalue weighted by Gasteiger charge is -2.10. The number of ether oxygens (including phenoxy) is 1. The first-order valence-corrected chi connectivity index (χ1v) is 14.2. The molecule has 0 atom stereocenters. The summed E-state index contributed by atoms with van der Waals surface area (Å²) in [5.41, 5.74) is 6.15. The molecule has 0 bridgehead atoms. The van der Waals surface area contributed by atoms with Crippen LogP contribution in [0.5, 0.6) is 5.75 Å². The number of halogens is 3. The van der Waals surface area contributed by atoms with Crippen molar-refractivity contribution in [2.75, 3.05) is 0 Å². The van der Waals surface area contributed by atoms with E-state index in [0.717, 1.165) is 34.5 Å². The van der Waals surface area contributed by atoms with Gasteiger partial charge in [0, 0.05) is 22.8 Å². The minimum Gasteiger partial charge on any atom is -0.406 e. The number of benzene rings is 3. The molecule has 0 saturated carbocycles. The summed E-state index contributed by atoms with van der Waals surface area (Å²) in [4.78, 5) is 21.9. The maximum Gasteiger partial charge on any atom is 0.573 e. The number of nitrogens with one attached hydrogen (secondary N) is 1. The molecule has 0 unspecified atom stereocenters. The lowest BCUT2D eigenvalue weighted by atomic mass is 10.1. The Hall–Kier alpha value is -4.97. The van der Waals surface area contributed by atoms with Crippen LogP contribution in [-0.2, 0) is 6.42 Å². The highest BCUT2D eigenvalue weighted by molar-refractivity contribution is 7.07. The normalized spacial score (nSPS) is 12.4. The number of rotatable bonds is 7. The average Bonchev–Trinajstić information content (AvgIpc) is 3.62. The monoisotopic (exact) mass is 604 g/mol. The standard InChI is InChI=1S/C31H27F3N6O2S/c1-4-22-7-5-6-8-27(22)40-21(3)18-43-30(40)37-29(41)35-17-20(2)23-9-11-24(12-10-23)28-36-19-39(38-28)25-13-15-26(16-14-25)42-31(32,33)34/h5-19H,4H2,1-3H3,(H,35,41)/b20-17+,37-30?. The molecule has 2 aromatic heterocycles. The van der Waals surface area contributed by atoms with Gasteiger partial charge < -0.3 is 10.1 Å². The number of allylic oxidation sites excluding steroid dienone is 1. The second kappa shape index (κ2) is 12.5. The van der Waals surface area contributed by atoms with Crippen LogP contribution in [0.2, 0.25) is 0 Å². The second-order valence-corrected chi connectivity index (χ2v) is 10.3. The summed E-state index contributed by atoms with van der Waals surface area (Å²) >= 11 is 1.41. The number of nitrogens with zero attached hydrogens (tertiary/aromatic N) is 5. The Balaban J connectivity index is 1.26. The molecule has 0 spiro atoms. The van der Waals surface area contributed by atoms with Gasteiger partial charge in [-0.2, -0.15) is 4.99 Å². The molecule has 8 nitrogen and oxygen atoms in total. The minimum atomic E-state index is -4.75. The predicted octanol–water partition coefficient (Wildman–Crippen LogP) is 7.23. The number of hydrogen-bond donors (Lipinski definition) is 1. The lowest BCUT2D eigenvalue weighted by molar-refractivity contribution is -0.274. The maximum absolute atomic E-state index is 12.7. The zero-order valence-corrected chi connectivity index (χ0v) is 24.3. The molecule has 0 aliphatic carbocycles. The van der Waals surface area contributed by atoms with Gasteiger partial charge in [-0.25, -0.2) is 14.5 Å². The number of para-hydroxylation sites is 1. The van der Waals surface area contributed by atoms with Crippen LogP contribution in [0.3, 0.4) is 0 Å². The van der Waals surface area contributed by atoms with Gasteiger partial charge in [0.25, 0.3) is 0 Å². The molecular formula is C31H27F3N6O2S. The van der Waals surface area contributed by atoms with Crippen molar-refractivity contribution in [3.63, 3.8) is 0 Å². The average molecular weight is 605 g/mol. The molecule has 2 amide bonds. The van der Waals surface area contributed by atoms with Gasteiger partial charge in [-0.3, -0.25) is 4.57 Å². The van der Waals surface area contributed by atoms with Gasteiger partial charge in [-0.15, -0.1) is 29.6 Å². The number of carbonyl (C=O) groups excluding carboxylic acids is 1. The Bertz CT molecular complexity index is 1830. The van der Waals surface area contributed by atoms with Crippen LogP contribution < -0.4 is 14.9 Å².